The minimum absolute atomic E-state index is 0.0187. The fraction of sp³-hybridized carbons (Fsp3) is 0.444. The summed E-state index contributed by atoms with van der Waals surface area (Å²) >= 11 is 0. The molecular formula is C9H13NO3. The zero-order valence-electron chi connectivity index (χ0n) is 7.49. The second-order valence-electron chi connectivity index (χ2n) is 3.00. The van der Waals surface area contributed by atoms with Crippen LogP contribution in [-0.2, 0) is 4.79 Å². The minimum atomic E-state index is -0.855. The molecule has 0 amide bonds. The Labute approximate surface area is 76.3 Å². The van der Waals surface area contributed by atoms with E-state index in [0.29, 0.717) is 12.3 Å². The van der Waals surface area contributed by atoms with Gasteiger partial charge in [0.2, 0.25) is 0 Å². The zero-order valence-corrected chi connectivity index (χ0v) is 7.49. The SMILES string of the molecule is Cc1ccoc1[C@H](CN)CC(=O)O. The topological polar surface area (TPSA) is 76.5 Å². The summed E-state index contributed by atoms with van der Waals surface area (Å²) in [5.74, 6) is -0.386. The van der Waals surface area contributed by atoms with E-state index in [2.05, 4.69) is 0 Å². The van der Waals surface area contributed by atoms with Crippen molar-refractivity contribution >= 4 is 5.97 Å². The fourth-order valence-electron chi connectivity index (χ4n) is 1.30. The molecule has 1 rings (SSSR count). The van der Waals surface area contributed by atoms with Crippen molar-refractivity contribution in [1.29, 1.82) is 0 Å². The standard InChI is InChI=1S/C9H13NO3/c1-6-2-3-13-9(6)7(5-10)4-8(11)12/h2-3,7H,4-5,10H2,1H3,(H,11,12)/t7-/m0/s1. The van der Waals surface area contributed by atoms with Crippen LogP contribution in [0.15, 0.2) is 16.7 Å². The van der Waals surface area contributed by atoms with Gasteiger partial charge in [-0.25, -0.2) is 0 Å². The van der Waals surface area contributed by atoms with Gasteiger partial charge in [0.25, 0.3) is 0 Å². The number of carboxylic acids is 1. The van der Waals surface area contributed by atoms with E-state index in [-0.39, 0.29) is 12.3 Å². The largest absolute Gasteiger partial charge is 0.481 e. The molecular weight excluding hydrogens is 170 g/mol. The number of furan rings is 1. The van der Waals surface area contributed by atoms with E-state index < -0.39 is 5.97 Å². The van der Waals surface area contributed by atoms with Crippen LogP contribution in [0.3, 0.4) is 0 Å². The van der Waals surface area contributed by atoms with E-state index in [0.717, 1.165) is 5.56 Å². The third-order valence-electron chi connectivity index (χ3n) is 1.98. The first-order chi connectivity index (χ1) is 6.15. The van der Waals surface area contributed by atoms with Crippen LogP contribution < -0.4 is 5.73 Å². The number of hydrogen-bond acceptors (Lipinski definition) is 3. The summed E-state index contributed by atoms with van der Waals surface area (Å²) in [7, 11) is 0. The van der Waals surface area contributed by atoms with Gasteiger partial charge >= 0.3 is 5.97 Å². The fourth-order valence-corrected chi connectivity index (χ4v) is 1.30. The Morgan fingerprint density at radius 1 is 1.77 bits per heavy atom. The molecule has 1 atom stereocenters. The molecule has 1 aromatic rings. The molecule has 0 aliphatic rings. The molecule has 0 unspecified atom stereocenters. The van der Waals surface area contributed by atoms with E-state index in [1.54, 1.807) is 12.3 Å². The Bertz CT molecular complexity index is 293. The maximum atomic E-state index is 10.5. The summed E-state index contributed by atoms with van der Waals surface area (Å²) in [5, 5.41) is 8.61. The molecule has 0 aromatic carbocycles. The molecule has 0 radical (unpaired) electrons. The highest BCUT2D eigenvalue weighted by Gasteiger charge is 2.18. The third-order valence-corrected chi connectivity index (χ3v) is 1.98. The van der Waals surface area contributed by atoms with Crippen LogP contribution in [0.25, 0.3) is 0 Å². The molecule has 72 valence electrons. The predicted molar refractivity (Wildman–Crippen MR) is 47.5 cm³/mol. The Morgan fingerprint density at radius 2 is 2.46 bits per heavy atom. The van der Waals surface area contributed by atoms with E-state index in [4.69, 9.17) is 15.3 Å². The van der Waals surface area contributed by atoms with Crippen molar-refractivity contribution in [2.45, 2.75) is 19.3 Å². The molecule has 4 heteroatoms. The van der Waals surface area contributed by atoms with Gasteiger partial charge in [-0.2, -0.15) is 0 Å². The summed E-state index contributed by atoms with van der Waals surface area (Å²) in [5.41, 5.74) is 6.41. The maximum absolute atomic E-state index is 10.5. The molecule has 3 N–H and O–H groups in total. The molecule has 0 spiro atoms. The number of aryl methyl sites for hydroxylation is 1. The third kappa shape index (κ3) is 2.32. The Morgan fingerprint density at radius 3 is 2.85 bits per heavy atom. The summed E-state index contributed by atoms with van der Waals surface area (Å²) < 4.78 is 5.17. The number of carbonyl (C=O) groups is 1. The molecule has 1 aromatic heterocycles. The van der Waals surface area contributed by atoms with Crippen molar-refractivity contribution in [1.82, 2.24) is 0 Å². The quantitative estimate of drug-likeness (QED) is 0.732. The Kier molecular flexibility index (Phi) is 3.08. The number of rotatable bonds is 4. The van der Waals surface area contributed by atoms with Gasteiger partial charge in [0.1, 0.15) is 5.76 Å². The molecule has 0 fully saturated rings. The first-order valence-corrected chi connectivity index (χ1v) is 4.11. The summed E-state index contributed by atoms with van der Waals surface area (Å²) in [4.78, 5) is 10.5. The van der Waals surface area contributed by atoms with Gasteiger partial charge in [-0.15, -0.1) is 0 Å². The van der Waals surface area contributed by atoms with Crippen molar-refractivity contribution in [3.63, 3.8) is 0 Å². The van der Waals surface area contributed by atoms with Crippen LogP contribution in [0.5, 0.6) is 0 Å². The molecule has 0 aliphatic heterocycles. The molecule has 13 heavy (non-hydrogen) atoms. The molecule has 4 nitrogen and oxygen atoms in total. The van der Waals surface area contributed by atoms with Crippen LogP contribution in [-0.4, -0.2) is 17.6 Å². The van der Waals surface area contributed by atoms with E-state index in [1.165, 1.54) is 0 Å². The van der Waals surface area contributed by atoms with Gasteiger partial charge in [-0.1, -0.05) is 0 Å². The highest BCUT2D eigenvalue weighted by atomic mass is 16.4. The molecule has 0 saturated heterocycles. The van der Waals surface area contributed by atoms with Crippen molar-refractivity contribution in [2.24, 2.45) is 5.73 Å². The summed E-state index contributed by atoms with van der Waals surface area (Å²) in [6, 6.07) is 1.81. The van der Waals surface area contributed by atoms with Crippen LogP contribution in [0.2, 0.25) is 0 Å². The summed E-state index contributed by atoms with van der Waals surface area (Å²) in [6.07, 6.45) is 1.57. The van der Waals surface area contributed by atoms with Crippen LogP contribution >= 0.6 is 0 Å². The van der Waals surface area contributed by atoms with Crippen LogP contribution in [0.1, 0.15) is 23.7 Å². The van der Waals surface area contributed by atoms with Gasteiger partial charge in [-0.3, -0.25) is 4.79 Å². The summed E-state index contributed by atoms with van der Waals surface area (Å²) in [6.45, 7) is 2.17. The van der Waals surface area contributed by atoms with Gasteiger partial charge in [0.15, 0.2) is 0 Å². The monoisotopic (exact) mass is 183 g/mol. The van der Waals surface area contributed by atoms with Gasteiger partial charge in [-0.05, 0) is 18.6 Å². The average Bonchev–Trinajstić information content (AvgIpc) is 2.47. The minimum Gasteiger partial charge on any atom is -0.481 e. The number of hydrogen-bond donors (Lipinski definition) is 2. The highest BCUT2D eigenvalue weighted by molar-refractivity contribution is 5.68. The molecule has 1 heterocycles. The lowest BCUT2D eigenvalue weighted by Crippen LogP contribution is -2.16. The normalized spacial score (nSPS) is 12.8. The van der Waals surface area contributed by atoms with Crippen LogP contribution in [0.4, 0.5) is 0 Å². The molecule has 0 saturated carbocycles. The van der Waals surface area contributed by atoms with Gasteiger partial charge < -0.3 is 15.3 Å². The van der Waals surface area contributed by atoms with Crippen molar-refractivity contribution in [2.75, 3.05) is 6.54 Å². The predicted octanol–water partition coefficient (Wildman–Crippen LogP) is 1.11. The number of aliphatic carboxylic acids is 1. The van der Waals surface area contributed by atoms with Crippen molar-refractivity contribution in [3.05, 3.63) is 23.7 Å². The lowest BCUT2D eigenvalue weighted by atomic mass is 10.0. The smallest absolute Gasteiger partial charge is 0.304 e. The van der Waals surface area contributed by atoms with Crippen molar-refractivity contribution in [3.8, 4) is 0 Å². The maximum Gasteiger partial charge on any atom is 0.304 e. The van der Waals surface area contributed by atoms with E-state index in [9.17, 15) is 4.79 Å². The van der Waals surface area contributed by atoms with Gasteiger partial charge in [0.05, 0.1) is 12.7 Å². The van der Waals surface area contributed by atoms with Crippen molar-refractivity contribution < 1.29 is 14.3 Å². The molecule has 0 bridgehead atoms. The van der Waals surface area contributed by atoms with E-state index in [1.807, 2.05) is 6.92 Å². The van der Waals surface area contributed by atoms with Crippen LogP contribution in [0, 0.1) is 6.92 Å². The first-order valence-electron chi connectivity index (χ1n) is 4.11. The lowest BCUT2D eigenvalue weighted by Gasteiger charge is -2.09. The zero-order chi connectivity index (χ0) is 9.84. The molecule has 0 aliphatic carbocycles. The second kappa shape index (κ2) is 4.09. The van der Waals surface area contributed by atoms with Gasteiger partial charge in [0, 0.05) is 12.5 Å². The average molecular weight is 183 g/mol. The highest BCUT2D eigenvalue weighted by Crippen LogP contribution is 2.22. The first kappa shape index (κ1) is 9.80. The number of carboxylic acid groups (broad SMARTS) is 1. The Hall–Kier alpha value is -1.29. The number of nitrogens with two attached hydrogens (primary N) is 1. The second-order valence-corrected chi connectivity index (χ2v) is 3.00. The Balaban J connectivity index is 2.78. The lowest BCUT2D eigenvalue weighted by molar-refractivity contribution is -0.137. The van der Waals surface area contributed by atoms with E-state index >= 15 is 0 Å².